The molecule has 1 aliphatic heterocycles. The van der Waals surface area contributed by atoms with Gasteiger partial charge in [0.1, 0.15) is 5.82 Å². The van der Waals surface area contributed by atoms with Gasteiger partial charge in [0, 0.05) is 27.7 Å². The van der Waals surface area contributed by atoms with Crippen molar-refractivity contribution in [1.29, 1.82) is 0 Å². The molecule has 0 saturated heterocycles. The molecule has 11 rings (SSSR count). The Morgan fingerprint density at radius 2 is 0.881 bits per heavy atom. The van der Waals surface area contributed by atoms with E-state index in [9.17, 15) is 0 Å². The van der Waals surface area contributed by atoms with Gasteiger partial charge in [-0.2, -0.15) is 0 Å². The minimum Gasteiger partial charge on any atom is -0.310 e. The number of anilines is 3. The van der Waals surface area contributed by atoms with Gasteiger partial charge in [0.15, 0.2) is 0 Å². The van der Waals surface area contributed by atoms with Crippen LogP contribution in [0.2, 0.25) is 0 Å². The van der Waals surface area contributed by atoms with E-state index in [1.165, 1.54) is 44.0 Å². The van der Waals surface area contributed by atoms with Crippen LogP contribution < -0.4 is 4.90 Å². The van der Waals surface area contributed by atoms with Crippen molar-refractivity contribution in [2.75, 3.05) is 4.90 Å². The third-order valence-corrected chi connectivity index (χ3v) is 12.4. The second-order valence-electron chi connectivity index (χ2n) is 16.8. The molecule has 3 heteroatoms. The summed E-state index contributed by atoms with van der Waals surface area (Å²) in [5.41, 5.74) is 13.5. The average molecular weight is 758 g/mol. The van der Waals surface area contributed by atoms with Crippen LogP contribution in [-0.2, 0) is 10.8 Å². The lowest BCUT2D eigenvalue weighted by Crippen LogP contribution is -2.37. The molecule has 1 aromatic heterocycles. The molecule has 0 saturated carbocycles. The van der Waals surface area contributed by atoms with E-state index in [2.05, 4.69) is 236 Å². The van der Waals surface area contributed by atoms with Crippen LogP contribution in [0.4, 0.5) is 17.1 Å². The van der Waals surface area contributed by atoms with Crippen LogP contribution in [0.25, 0.3) is 49.7 Å². The van der Waals surface area contributed by atoms with E-state index in [1.807, 2.05) is 0 Å². The molecule has 3 nitrogen and oxygen atoms in total. The van der Waals surface area contributed by atoms with Gasteiger partial charge in [-0.1, -0.05) is 178 Å². The minimum absolute atomic E-state index is 0.0463. The lowest BCUT2D eigenvalue weighted by Gasteiger charge is -2.46. The van der Waals surface area contributed by atoms with Gasteiger partial charge in [0.25, 0.3) is 0 Å². The summed E-state index contributed by atoms with van der Waals surface area (Å²) in [6.07, 6.45) is 0. The highest BCUT2D eigenvalue weighted by atomic mass is 15.2. The summed E-state index contributed by atoms with van der Waals surface area (Å²) in [6, 6.07) is 75.4. The number of imidazole rings is 1. The molecule has 282 valence electrons. The summed E-state index contributed by atoms with van der Waals surface area (Å²) < 4.78 is 2.38. The number of nitrogens with zero attached hydrogens (tertiary/aromatic N) is 3. The molecule has 0 unspecified atom stereocenters. The Morgan fingerprint density at radius 1 is 0.424 bits per heavy atom. The normalized spacial score (nSPS) is 13.4. The molecular formula is C56H43N3. The first-order valence-electron chi connectivity index (χ1n) is 20.6. The molecule has 0 aliphatic carbocycles. The van der Waals surface area contributed by atoms with Crippen LogP contribution in [0, 0.1) is 0 Å². The van der Waals surface area contributed by atoms with E-state index in [1.54, 1.807) is 0 Å². The third-order valence-electron chi connectivity index (χ3n) is 12.4. The summed E-state index contributed by atoms with van der Waals surface area (Å²) in [4.78, 5) is 8.00. The summed E-state index contributed by atoms with van der Waals surface area (Å²) >= 11 is 0. The second kappa shape index (κ2) is 13.4. The molecule has 59 heavy (non-hydrogen) atoms. The lowest BCUT2D eigenvalue weighted by molar-refractivity contribution is 0.590. The fourth-order valence-electron chi connectivity index (χ4n) is 9.71. The maximum absolute atomic E-state index is 5.56. The fraction of sp³-hybridized carbons (Fsp3) is 0.0893. The molecular weight excluding hydrogens is 715 g/mol. The highest BCUT2D eigenvalue weighted by molar-refractivity contribution is 6.24. The number of para-hydroxylation sites is 2. The molecule has 0 N–H and O–H groups in total. The highest BCUT2D eigenvalue weighted by Gasteiger charge is 2.46. The molecule has 0 atom stereocenters. The van der Waals surface area contributed by atoms with Crippen LogP contribution in [0.3, 0.4) is 0 Å². The largest absolute Gasteiger partial charge is 0.310 e. The van der Waals surface area contributed by atoms with Crippen molar-refractivity contribution in [1.82, 2.24) is 9.55 Å². The zero-order valence-electron chi connectivity index (χ0n) is 33.5. The summed E-state index contributed by atoms with van der Waals surface area (Å²) in [5, 5.41) is 4.80. The molecule has 0 fully saturated rings. The lowest BCUT2D eigenvalue weighted by atomic mass is 9.62. The second-order valence-corrected chi connectivity index (χ2v) is 16.8. The predicted molar refractivity (Wildman–Crippen MR) is 247 cm³/mol. The van der Waals surface area contributed by atoms with Crippen molar-refractivity contribution >= 4 is 49.6 Å². The Morgan fingerprint density at radius 3 is 1.44 bits per heavy atom. The van der Waals surface area contributed by atoms with Gasteiger partial charge in [-0.15, -0.1) is 0 Å². The van der Waals surface area contributed by atoms with E-state index in [4.69, 9.17) is 4.98 Å². The first-order chi connectivity index (χ1) is 28.9. The standard InChI is InChI=1S/C56H43N3/c1-55(2,3)39-32-36-43(37-33-39)59-53-47-25-13-11-23-45(47)44-22-10-12-24-46(44)52(53)57-54(59)38-30-34-42(35-31-38)58-50-28-16-14-26-48(50)56(40-18-6-4-7-19-40,41-20-8-5-9-21-41)49-27-15-17-29-51(49)58/h4-37H,1-3H3. The molecule has 9 aromatic carbocycles. The van der Waals surface area contributed by atoms with Gasteiger partial charge < -0.3 is 4.90 Å². The van der Waals surface area contributed by atoms with Gasteiger partial charge in [-0.05, 0) is 92.5 Å². The average Bonchev–Trinajstić information content (AvgIpc) is 3.70. The fourth-order valence-corrected chi connectivity index (χ4v) is 9.71. The zero-order chi connectivity index (χ0) is 39.7. The molecule has 2 heterocycles. The SMILES string of the molecule is CC(C)(C)c1ccc(-n2c(-c3ccc(N4c5ccccc5C(c5ccccc5)(c5ccccc5)c5ccccc54)cc3)nc3c4ccccc4c4ccccc4c32)cc1. The Kier molecular flexibility index (Phi) is 7.96. The van der Waals surface area contributed by atoms with E-state index in [0.29, 0.717) is 0 Å². The van der Waals surface area contributed by atoms with Gasteiger partial charge in [0.05, 0.1) is 27.8 Å². The minimum atomic E-state index is -0.509. The number of aromatic nitrogens is 2. The molecule has 0 radical (unpaired) electrons. The Labute approximate surface area is 345 Å². The first kappa shape index (κ1) is 35.0. The van der Waals surface area contributed by atoms with Gasteiger partial charge in [-0.3, -0.25) is 4.57 Å². The van der Waals surface area contributed by atoms with E-state index < -0.39 is 5.41 Å². The smallest absolute Gasteiger partial charge is 0.145 e. The van der Waals surface area contributed by atoms with Crippen LogP contribution in [0.1, 0.15) is 48.6 Å². The first-order valence-corrected chi connectivity index (χ1v) is 20.6. The molecule has 0 amide bonds. The number of benzene rings is 9. The number of hydrogen-bond donors (Lipinski definition) is 0. The van der Waals surface area contributed by atoms with Gasteiger partial charge >= 0.3 is 0 Å². The maximum atomic E-state index is 5.56. The zero-order valence-corrected chi connectivity index (χ0v) is 33.5. The number of hydrogen-bond acceptors (Lipinski definition) is 2. The summed E-state index contributed by atoms with van der Waals surface area (Å²) in [7, 11) is 0. The van der Waals surface area contributed by atoms with Crippen molar-refractivity contribution in [3.05, 3.63) is 234 Å². The Hall–Kier alpha value is -7.23. The van der Waals surface area contributed by atoms with Crippen molar-refractivity contribution in [2.24, 2.45) is 0 Å². The van der Waals surface area contributed by atoms with Crippen LogP contribution in [0.15, 0.2) is 206 Å². The van der Waals surface area contributed by atoms with Crippen molar-refractivity contribution in [3.8, 4) is 17.1 Å². The monoisotopic (exact) mass is 757 g/mol. The van der Waals surface area contributed by atoms with Gasteiger partial charge in [0.2, 0.25) is 0 Å². The van der Waals surface area contributed by atoms with Crippen molar-refractivity contribution in [3.63, 3.8) is 0 Å². The van der Waals surface area contributed by atoms with E-state index in [0.717, 1.165) is 50.6 Å². The summed E-state index contributed by atoms with van der Waals surface area (Å²) in [6.45, 7) is 6.80. The van der Waals surface area contributed by atoms with Gasteiger partial charge in [-0.25, -0.2) is 4.98 Å². The molecule has 0 spiro atoms. The van der Waals surface area contributed by atoms with Crippen molar-refractivity contribution in [2.45, 2.75) is 31.6 Å². The third kappa shape index (κ3) is 5.31. The van der Waals surface area contributed by atoms with E-state index >= 15 is 0 Å². The Bertz CT molecular complexity index is 3080. The maximum Gasteiger partial charge on any atom is 0.145 e. The quantitative estimate of drug-likeness (QED) is 0.163. The number of rotatable bonds is 5. The van der Waals surface area contributed by atoms with Crippen molar-refractivity contribution < 1.29 is 0 Å². The highest BCUT2D eigenvalue weighted by Crippen LogP contribution is 2.57. The Balaban J connectivity index is 1.12. The molecule has 0 bridgehead atoms. The topological polar surface area (TPSA) is 21.1 Å². The molecule has 10 aromatic rings. The predicted octanol–water partition coefficient (Wildman–Crippen LogP) is 14.5. The van der Waals surface area contributed by atoms with Crippen LogP contribution >= 0.6 is 0 Å². The molecule has 1 aliphatic rings. The van der Waals surface area contributed by atoms with Crippen LogP contribution in [-0.4, -0.2) is 9.55 Å². The van der Waals surface area contributed by atoms with E-state index in [-0.39, 0.29) is 5.41 Å². The van der Waals surface area contributed by atoms with Crippen LogP contribution in [0.5, 0.6) is 0 Å². The number of fused-ring (bicyclic) bond motifs is 8. The summed E-state index contributed by atoms with van der Waals surface area (Å²) in [5.74, 6) is 0.920.